The number of rotatable bonds is 4. The van der Waals surface area contributed by atoms with Gasteiger partial charge in [0.1, 0.15) is 0 Å². The second-order valence-electron chi connectivity index (χ2n) is 4.03. The number of morpholine rings is 1. The van der Waals surface area contributed by atoms with E-state index in [0.29, 0.717) is 13.2 Å². The number of nitrogens with zero attached hydrogens (tertiary/aromatic N) is 1. The summed E-state index contributed by atoms with van der Waals surface area (Å²) in [7, 11) is 0. The number of terminal acetylenes is 1. The van der Waals surface area contributed by atoms with Crippen LogP contribution >= 0.6 is 0 Å². The van der Waals surface area contributed by atoms with E-state index in [0.717, 1.165) is 19.5 Å². The van der Waals surface area contributed by atoms with Crippen molar-refractivity contribution in [2.45, 2.75) is 32.2 Å². The Hall–Kier alpha value is -0.850. The van der Waals surface area contributed by atoms with Crippen LogP contribution in [0.25, 0.3) is 0 Å². The first-order valence-corrected chi connectivity index (χ1v) is 5.44. The molecule has 0 bridgehead atoms. The molecule has 84 valence electrons. The van der Waals surface area contributed by atoms with Crippen LogP contribution in [0.5, 0.6) is 0 Å². The maximum Gasteiger partial charge on any atom is 0.164 e. The fourth-order valence-electron chi connectivity index (χ4n) is 1.94. The van der Waals surface area contributed by atoms with E-state index in [-0.39, 0.29) is 12.2 Å². The Morgan fingerprint density at radius 2 is 2.13 bits per heavy atom. The van der Waals surface area contributed by atoms with E-state index in [9.17, 15) is 4.79 Å². The Morgan fingerprint density at radius 3 is 2.60 bits per heavy atom. The van der Waals surface area contributed by atoms with Crippen molar-refractivity contribution in [1.29, 1.82) is 0 Å². The molecule has 3 nitrogen and oxygen atoms in total. The summed E-state index contributed by atoms with van der Waals surface area (Å²) in [6.45, 7) is 7.07. The van der Waals surface area contributed by atoms with Crippen LogP contribution in [-0.4, -0.2) is 42.5 Å². The van der Waals surface area contributed by atoms with Gasteiger partial charge in [-0.3, -0.25) is 9.69 Å². The molecule has 1 fully saturated rings. The molecule has 15 heavy (non-hydrogen) atoms. The molecule has 0 aromatic carbocycles. The summed E-state index contributed by atoms with van der Waals surface area (Å²) in [6.07, 6.45) is 6.22. The third-order valence-electron chi connectivity index (χ3n) is 3.26. The smallest absolute Gasteiger partial charge is 0.164 e. The Bertz CT molecular complexity index is 263. The molecule has 1 aliphatic rings. The lowest BCUT2D eigenvalue weighted by Crippen LogP contribution is -2.55. The lowest BCUT2D eigenvalue weighted by atomic mass is 9.89. The molecule has 3 heteroatoms. The van der Waals surface area contributed by atoms with Gasteiger partial charge < -0.3 is 4.74 Å². The van der Waals surface area contributed by atoms with Crippen LogP contribution in [0.3, 0.4) is 0 Å². The third kappa shape index (κ3) is 2.58. The molecule has 0 amide bonds. The number of hydrogen-bond donors (Lipinski definition) is 0. The Kier molecular flexibility index (Phi) is 4.31. The summed E-state index contributed by atoms with van der Waals surface area (Å²) in [4.78, 5) is 14.2. The van der Waals surface area contributed by atoms with E-state index >= 15 is 0 Å². The Balaban J connectivity index is 2.73. The molecule has 0 N–H and O–H groups in total. The molecule has 1 saturated heterocycles. The van der Waals surface area contributed by atoms with Crippen molar-refractivity contribution in [2.75, 3.05) is 26.3 Å². The molecule has 1 atom stereocenters. The molecule has 0 aromatic heterocycles. The molecular weight excluding hydrogens is 190 g/mol. The molecule has 0 radical (unpaired) electrons. The lowest BCUT2D eigenvalue weighted by Gasteiger charge is -2.41. The minimum atomic E-state index is -0.407. The number of carbonyl (C=O) groups excluding carboxylic acids is 1. The highest BCUT2D eigenvalue weighted by molar-refractivity contribution is 5.89. The summed E-state index contributed by atoms with van der Waals surface area (Å²) < 4.78 is 5.29. The first-order valence-electron chi connectivity index (χ1n) is 5.44. The first-order chi connectivity index (χ1) is 7.15. The van der Waals surface area contributed by atoms with Crippen molar-refractivity contribution in [1.82, 2.24) is 4.90 Å². The van der Waals surface area contributed by atoms with Gasteiger partial charge in [-0.1, -0.05) is 12.8 Å². The van der Waals surface area contributed by atoms with Gasteiger partial charge in [0.25, 0.3) is 0 Å². The highest BCUT2D eigenvalue weighted by atomic mass is 16.5. The molecule has 1 heterocycles. The molecule has 0 spiro atoms. The van der Waals surface area contributed by atoms with Crippen LogP contribution in [0.1, 0.15) is 26.7 Å². The van der Waals surface area contributed by atoms with Gasteiger partial charge >= 0.3 is 0 Å². The van der Waals surface area contributed by atoms with Crippen molar-refractivity contribution in [3.05, 3.63) is 0 Å². The van der Waals surface area contributed by atoms with Gasteiger partial charge in [0.2, 0.25) is 0 Å². The predicted octanol–water partition coefficient (Wildman–Crippen LogP) is 1.08. The number of hydrogen-bond acceptors (Lipinski definition) is 3. The maximum absolute atomic E-state index is 12.0. The van der Waals surface area contributed by atoms with E-state index in [1.54, 1.807) is 0 Å². The average molecular weight is 209 g/mol. The molecule has 0 aliphatic carbocycles. The second kappa shape index (κ2) is 5.29. The molecule has 1 rings (SSSR count). The van der Waals surface area contributed by atoms with E-state index < -0.39 is 5.54 Å². The van der Waals surface area contributed by atoms with Gasteiger partial charge in [0, 0.05) is 13.1 Å². The third-order valence-corrected chi connectivity index (χ3v) is 3.26. The lowest BCUT2D eigenvalue weighted by molar-refractivity contribution is -0.132. The largest absolute Gasteiger partial charge is 0.379 e. The fraction of sp³-hybridized carbons (Fsp3) is 0.750. The van der Waals surface area contributed by atoms with E-state index in [1.165, 1.54) is 0 Å². The summed E-state index contributed by atoms with van der Waals surface area (Å²) >= 11 is 0. The normalized spacial score (nSPS) is 21.7. The van der Waals surface area contributed by atoms with Crippen molar-refractivity contribution < 1.29 is 9.53 Å². The van der Waals surface area contributed by atoms with Crippen molar-refractivity contribution >= 4 is 5.78 Å². The topological polar surface area (TPSA) is 29.5 Å². The fourth-order valence-corrected chi connectivity index (χ4v) is 1.94. The maximum atomic E-state index is 12.0. The van der Waals surface area contributed by atoms with Crippen LogP contribution in [0, 0.1) is 12.3 Å². The van der Waals surface area contributed by atoms with Gasteiger partial charge in [-0.05, 0) is 13.3 Å². The average Bonchev–Trinajstić information content (AvgIpc) is 2.29. The highest BCUT2D eigenvalue weighted by Gasteiger charge is 2.37. The first kappa shape index (κ1) is 12.2. The van der Waals surface area contributed by atoms with Crippen molar-refractivity contribution in [3.8, 4) is 12.3 Å². The van der Waals surface area contributed by atoms with Gasteiger partial charge in [-0.2, -0.15) is 0 Å². The van der Waals surface area contributed by atoms with Crippen LogP contribution < -0.4 is 0 Å². The summed E-state index contributed by atoms with van der Waals surface area (Å²) in [5, 5.41) is 0. The minimum absolute atomic E-state index is 0.148. The quantitative estimate of drug-likeness (QED) is 0.649. The Morgan fingerprint density at radius 1 is 1.53 bits per heavy atom. The monoisotopic (exact) mass is 209 g/mol. The van der Waals surface area contributed by atoms with Crippen LogP contribution in [0.15, 0.2) is 0 Å². The van der Waals surface area contributed by atoms with Crippen molar-refractivity contribution in [3.63, 3.8) is 0 Å². The Labute approximate surface area is 91.8 Å². The van der Waals surface area contributed by atoms with Gasteiger partial charge in [0.05, 0.1) is 25.2 Å². The van der Waals surface area contributed by atoms with Crippen molar-refractivity contribution in [2.24, 2.45) is 0 Å². The van der Waals surface area contributed by atoms with Gasteiger partial charge in [0.15, 0.2) is 5.78 Å². The number of ether oxygens (including phenoxy) is 1. The molecule has 1 unspecified atom stereocenters. The van der Waals surface area contributed by atoms with Crippen LogP contribution in [-0.2, 0) is 9.53 Å². The predicted molar refractivity (Wildman–Crippen MR) is 59.5 cm³/mol. The van der Waals surface area contributed by atoms with Crippen LogP contribution in [0.4, 0.5) is 0 Å². The number of ketones is 1. The molecule has 0 aromatic rings. The van der Waals surface area contributed by atoms with Gasteiger partial charge in [-0.25, -0.2) is 0 Å². The summed E-state index contributed by atoms with van der Waals surface area (Å²) in [5.41, 5.74) is -0.407. The van der Waals surface area contributed by atoms with Gasteiger partial charge in [-0.15, -0.1) is 6.42 Å². The van der Waals surface area contributed by atoms with E-state index in [1.807, 2.05) is 13.8 Å². The molecule has 0 saturated carbocycles. The summed E-state index contributed by atoms with van der Waals surface area (Å²) in [5.74, 6) is 2.59. The zero-order chi connectivity index (χ0) is 11.3. The number of carbonyl (C=O) groups is 1. The SMILES string of the molecule is C#CCC(=O)C(C)(CC)N1CCOCC1. The zero-order valence-electron chi connectivity index (χ0n) is 9.58. The molecule has 1 aliphatic heterocycles. The minimum Gasteiger partial charge on any atom is -0.379 e. The summed E-state index contributed by atoms with van der Waals surface area (Å²) in [6, 6.07) is 0. The standard InChI is InChI=1S/C12H19NO2/c1-4-6-11(14)12(3,5-2)13-7-9-15-10-8-13/h1H,5-10H2,2-3H3. The highest BCUT2D eigenvalue weighted by Crippen LogP contribution is 2.23. The second-order valence-corrected chi connectivity index (χ2v) is 4.03. The van der Waals surface area contributed by atoms with E-state index in [4.69, 9.17) is 11.2 Å². The zero-order valence-corrected chi connectivity index (χ0v) is 9.58. The van der Waals surface area contributed by atoms with Crippen LogP contribution in [0.2, 0.25) is 0 Å². The number of Topliss-reactive ketones (excluding diaryl/α,β-unsaturated/α-hetero) is 1. The molecular formula is C12H19NO2. The van der Waals surface area contributed by atoms with E-state index in [2.05, 4.69) is 10.8 Å².